The molecule has 0 N–H and O–H groups in total. The lowest BCUT2D eigenvalue weighted by atomic mass is 9.91. The first kappa shape index (κ1) is 34.9. The summed E-state index contributed by atoms with van der Waals surface area (Å²) in [5, 5.41) is 6.73. The van der Waals surface area contributed by atoms with Crippen molar-refractivity contribution in [2.75, 3.05) is 4.90 Å². The van der Waals surface area contributed by atoms with E-state index in [4.69, 9.17) is 8.83 Å². The smallest absolute Gasteiger partial charge is 0.159 e. The van der Waals surface area contributed by atoms with E-state index < -0.39 is 0 Å². The first-order valence-corrected chi connectivity index (χ1v) is 20.7. The fraction of sp³-hybridized carbons (Fsp3) is 0. The van der Waals surface area contributed by atoms with Crippen LogP contribution >= 0.6 is 0 Å². The summed E-state index contributed by atoms with van der Waals surface area (Å²) in [6.07, 6.45) is 0. The predicted octanol–water partition coefficient (Wildman–Crippen LogP) is 16.8. The van der Waals surface area contributed by atoms with Crippen molar-refractivity contribution in [1.29, 1.82) is 0 Å². The van der Waals surface area contributed by atoms with Gasteiger partial charge in [-0.25, -0.2) is 0 Å². The Balaban J connectivity index is 1.04. The van der Waals surface area contributed by atoms with Crippen LogP contribution in [0.5, 0.6) is 0 Å². The van der Waals surface area contributed by atoms with Gasteiger partial charge >= 0.3 is 0 Å². The molecule has 12 rings (SSSR count). The molecular formula is C58H37NO2. The minimum Gasteiger partial charge on any atom is -0.455 e. The minimum absolute atomic E-state index is 0.834. The number of anilines is 3. The highest BCUT2D eigenvalue weighted by Gasteiger charge is 2.24. The Hall–Kier alpha value is -8.14. The molecule has 0 aliphatic rings. The van der Waals surface area contributed by atoms with Crippen LogP contribution in [-0.2, 0) is 0 Å². The number of hydrogen-bond acceptors (Lipinski definition) is 3. The van der Waals surface area contributed by atoms with Crippen LogP contribution in [-0.4, -0.2) is 0 Å². The van der Waals surface area contributed by atoms with Crippen molar-refractivity contribution in [3.63, 3.8) is 0 Å². The second kappa shape index (κ2) is 14.3. The quantitative estimate of drug-likeness (QED) is 0.161. The monoisotopic (exact) mass is 779 g/mol. The molecule has 2 aromatic heterocycles. The Morgan fingerprint density at radius 3 is 1.66 bits per heavy atom. The van der Waals surface area contributed by atoms with Gasteiger partial charge in [0.15, 0.2) is 5.58 Å². The van der Waals surface area contributed by atoms with Gasteiger partial charge in [0, 0.05) is 38.4 Å². The summed E-state index contributed by atoms with van der Waals surface area (Å²) in [4.78, 5) is 2.34. The van der Waals surface area contributed by atoms with Crippen LogP contribution in [0, 0.1) is 0 Å². The molecule has 0 unspecified atom stereocenters. The zero-order valence-corrected chi connectivity index (χ0v) is 33.1. The molecule has 0 atom stereocenters. The van der Waals surface area contributed by atoms with Crippen molar-refractivity contribution in [2.45, 2.75) is 0 Å². The molecule has 286 valence electrons. The largest absolute Gasteiger partial charge is 0.455 e. The summed E-state index contributed by atoms with van der Waals surface area (Å²) in [6, 6.07) is 79.8. The average Bonchev–Trinajstić information content (AvgIpc) is 3.90. The zero-order valence-electron chi connectivity index (χ0n) is 33.1. The second-order valence-corrected chi connectivity index (χ2v) is 15.6. The topological polar surface area (TPSA) is 29.5 Å². The first-order chi connectivity index (χ1) is 30.2. The normalized spacial score (nSPS) is 11.6. The molecule has 0 bridgehead atoms. The van der Waals surface area contributed by atoms with Gasteiger partial charge in [-0.2, -0.15) is 0 Å². The molecule has 12 aromatic rings. The van der Waals surface area contributed by atoms with E-state index in [0.717, 1.165) is 88.6 Å². The molecule has 0 amide bonds. The van der Waals surface area contributed by atoms with Gasteiger partial charge in [-0.3, -0.25) is 0 Å². The molecule has 3 heteroatoms. The fourth-order valence-electron chi connectivity index (χ4n) is 9.16. The lowest BCUT2D eigenvalue weighted by Gasteiger charge is -2.28. The third kappa shape index (κ3) is 5.90. The van der Waals surface area contributed by atoms with Crippen LogP contribution in [0.1, 0.15) is 0 Å². The van der Waals surface area contributed by atoms with E-state index in [-0.39, 0.29) is 0 Å². The van der Waals surface area contributed by atoms with Gasteiger partial charge in [0.05, 0.1) is 11.4 Å². The van der Waals surface area contributed by atoms with Crippen molar-refractivity contribution < 1.29 is 8.83 Å². The maximum Gasteiger partial charge on any atom is 0.159 e. The van der Waals surface area contributed by atoms with Gasteiger partial charge in [-0.15, -0.1) is 0 Å². The number of furan rings is 2. The number of hydrogen-bond donors (Lipinski definition) is 0. The Morgan fingerprint density at radius 1 is 0.279 bits per heavy atom. The first-order valence-electron chi connectivity index (χ1n) is 20.7. The van der Waals surface area contributed by atoms with E-state index in [1.54, 1.807) is 0 Å². The average molecular weight is 780 g/mol. The molecule has 0 aliphatic heterocycles. The highest BCUT2D eigenvalue weighted by molar-refractivity contribution is 6.15. The minimum atomic E-state index is 0.834. The lowest BCUT2D eigenvalue weighted by Crippen LogP contribution is -2.11. The molecule has 0 radical (unpaired) electrons. The van der Waals surface area contributed by atoms with Gasteiger partial charge in [0.2, 0.25) is 0 Å². The van der Waals surface area contributed by atoms with Crippen molar-refractivity contribution in [3.05, 3.63) is 224 Å². The summed E-state index contributed by atoms with van der Waals surface area (Å²) < 4.78 is 13.5. The molecule has 0 spiro atoms. The van der Waals surface area contributed by atoms with Crippen LogP contribution in [0.2, 0.25) is 0 Å². The highest BCUT2D eigenvalue weighted by atomic mass is 16.3. The van der Waals surface area contributed by atoms with Crippen molar-refractivity contribution >= 4 is 71.7 Å². The molecule has 2 heterocycles. The maximum absolute atomic E-state index is 6.81. The zero-order chi connectivity index (χ0) is 40.3. The Labute approximate surface area is 353 Å². The van der Waals surface area contributed by atoms with Crippen LogP contribution in [0.15, 0.2) is 233 Å². The standard InChI is InChI=1S/C58H37NO2/c1-3-15-39(16-4-1)45-34-31-43(35-51(45)40-17-5-2-6-18-40)38-29-32-44(33-30-38)59(54-27-14-25-49-47-22-10-12-28-55(47)60-58(49)54)53-26-11-9-21-46(53)48-23-13-24-50-52-36-41-19-7-8-20-42(41)37-56(52)61-57(48)50/h1-37H. The van der Waals surface area contributed by atoms with Gasteiger partial charge in [-0.1, -0.05) is 176 Å². The van der Waals surface area contributed by atoms with E-state index in [0.29, 0.717) is 0 Å². The van der Waals surface area contributed by atoms with E-state index in [1.165, 1.54) is 27.6 Å². The Bertz CT molecular complexity index is 3580. The SMILES string of the molecule is c1ccc(-c2ccc(-c3ccc(N(c4ccccc4-c4cccc5c4oc4cc6ccccc6cc45)c4cccc5c4oc4ccccc45)cc3)cc2-c2ccccc2)cc1. The van der Waals surface area contributed by atoms with Crippen LogP contribution in [0.25, 0.3) is 99.2 Å². The molecule has 61 heavy (non-hydrogen) atoms. The van der Waals surface area contributed by atoms with Gasteiger partial charge in [0.1, 0.15) is 16.7 Å². The fourth-order valence-corrected chi connectivity index (χ4v) is 9.16. The van der Waals surface area contributed by atoms with Gasteiger partial charge in [0.25, 0.3) is 0 Å². The number of benzene rings is 10. The van der Waals surface area contributed by atoms with Crippen LogP contribution in [0.3, 0.4) is 0 Å². The maximum atomic E-state index is 6.81. The van der Waals surface area contributed by atoms with E-state index in [9.17, 15) is 0 Å². The summed E-state index contributed by atoms with van der Waals surface area (Å²) >= 11 is 0. The number of rotatable bonds is 7. The molecule has 0 saturated carbocycles. The lowest BCUT2D eigenvalue weighted by molar-refractivity contribution is 0.669. The molecule has 10 aromatic carbocycles. The van der Waals surface area contributed by atoms with E-state index >= 15 is 0 Å². The third-order valence-electron chi connectivity index (χ3n) is 12.1. The van der Waals surface area contributed by atoms with Crippen LogP contribution in [0.4, 0.5) is 17.1 Å². The van der Waals surface area contributed by atoms with E-state index in [2.05, 4.69) is 217 Å². The molecule has 0 fully saturated rings. The van der Waals surface area contributed by atoms with Gasteiger partial charge < -0.3 is 13.7 Å². The summed E-state index contributed by atoms with van der Waals surface area (Å²) in [6.45, 7) is 0. The van der Waals surface area contributed by atoms with E-state index in [1.807, 2.05) is 12.1 Å². The molecule has 3 nitrogen and oxygen atoms in total. The number of para-hydroxylation sites is 4. The van der Waals surface area contributed by atoms with Crippen molar-refractivity contribution in [2.24, 2.45) is 0 Å². The molecular weight excluding hydrogens is 743 g/mol. The Kier molecular flexibility index (Phi) is 8.17. The number of nitrogens with zero attached hydrogens (tertiary/aromatic N) is 1. The van der Waals surface area contributed by atoms with Crippen molar-refractivity contribution in [1.82, 2.24) is 0 Å². The predicted molar refractivity (Wildman–Crippen MR) is 255 cm³/mol. The van der Waals surface area contributed by atoms with Gasteiger partial charge in [-0.05, 0) is 92.7 Å². The number of fused-ring (bicyclic) bond motifs is 7. The highest BCUT2D eigenvalue weighted by Crippen LogP contribution is 2.48. The summed E-state index contributed by atoms with van der Waals surface area (Å²) in [5.74, 6) is 0. The van der Waals surface area contributed by atoms with Crippen LogP contribution < -0.4 is 4.90 Å². The second-order valence-electron chi connectivity index (χ2n) is 15.6. The summed E-state index contributed by atoms with van der Waals surface area (Å²) in [5.41, 5.74) is 15.6. The molecule has 0 aliphatic carbocycles. The third-order valence-corrected chi connectivity index (χ3v) is 12.1. The Morgan fingerprint density at radius 2 is 0.852 bits per heavy atom. The molecule has 0 saturated heterocycles. The van der Waals surface area contributed by atoms with Crippen molar-refractivity contribution in [3.8, 4) is 44.5 Å². The summed E-state index contributed by atoms with van der Waals surface area (Å²) in [7, 11) is 0.